The SMILES string of the molecule is Cc1cccc(C)c1NC(=O)CN(C)C(=O)[C@@H]1C[C@H]1C. The Morgan fingerprint density at radius 3 is 2.35 bits per heavy atom. The van der Waals surface area contributed by atoms with Crippen molar-refractivity contribution in [2.24, 2.45) is 11.8 Å². The molecule has 0 aromatic heterocycles. The van der Waals surface area contributed by atoms with Crippen molar-refractivity contribution in [3.8, 4) is 0 Å². The Balaban J connectivity index is 1.94. The van der Waals surface area contributed by atoms with Gasteiger partial charge in [-0.05, 0) is 37.3 Å². The highest BCUT2D eigenvalue weighted by Crippen LogP contribution is 2.38. The summed E-state index contributed by atoms with van der Waals surface area (Å²) in [6.07, 6.45) is 0.946. The van der Waals surface area contributed by atoms with Crippen molar-refractivity contribution in [3.63, 3.8) is 0 Å². The Morgan fingerprint density at radius 2 is 1.85 bits per heavy atom. The summed E-state index contributed by atoms with van der Waals surface area (Å²) >= 11 is 0. The van der Waals surface area contributed by atoms with E-state index in [2.05, 4.69) is 12.2 Å². The highest BCUT2D eigenvalue weighted by atomic mass is 16.2. The van der Waals surface area contributed by atoms with Gasteiger partial charge in [0, 0.05) is 18.7 Å². The van der Waals surface area contributed by atoms with Crippen LogP contribution in [0, 0.1) is 25.7 Å². The summed E-state index contributed by atoms with van der Waals surface area (Å²) < 4.78 is 0. The zero-order valence-electron chi connectivity index (χ0n) is 12.6. The van der Waals surface area contributed by atoms with Gasteiger partial charge >= 0.3 is 0 Å². The van der Waals surface area contributed by atoms with Crippen molar-refractivity contribution in [2.45, 2.75) is 27.2 Å². The lowest BCUT2D eigenvalue weighted by Crippen LogP contribution is -2.36. The van der Waals surface area contributed by atoms with Crippen LogP contribution in [0.4, 0.5) is 5.69 Å². The van der Waals surface area contributed by atoms with Crippen LogP contribution in [-0.4, -0.2) is 30.3 Å². The van der Waals surface area contributed by atoms with E-state index in [9.17, 15) is 9.59 Å². The number of hydrogen-bond acceptors (Lipinski definition) is 2. The van der Waals surface area contributed by atoms with Crippen molar-refractivity contribution in [3.05, 3.63) is 29.3 Å². The second-order valence-corrected chi connectivity index (χ2v) is 5.83. The van der Waals surface area contributed by atoms with E-state index < -0.39 is 0 Å². The molecule has 0 unspecified atom stereocenters. The zero-order chi connectivity index (χ0) is 14.9. The third-order valence-electron chi connectivity index (χ3n) is 3.93. The van der Waals surface area contributed by atoms with E-state index in [4.69, 9.17) is 0 Å². The Hall–Kier alpha value is -1.84. The number of nitrogens with one attached hydrogen (secondary N) is 1. The number of amides is 2. The highest BCUT2D eigenvalue weighted by molar-refractivity contribution is 5.96. The minimum absolute atomic E-state index is 0.0779. The van der Waals surface area contributed by atoms with Crippen LogP contribution in [0.1, 0.15) is 24.5 Å². The Morgan fingerprint density at radius 1 is 1.30 bits per heavy atom. The van der Waals surface area contributed by atoms with Crippen LogP contribution in [-0.2, 0) is 9.59 Å². The van der Waals surface area contributed by atoms with E-state index in [1.165, 1.54) is 4.90 Å². The van der Waals surface area contributed by atoms with Gasteiger partial charge in [0.15, 0.2) is 0 Å². The van der Waals surface area contributed by atoms with Gasteiger partial charge in [-0.1, -0.05) is 25.1 Å². The molecule has 2 atom stereocenters. The molecule has 0 saturated heterocycles. The van der Waals surface area contributed by atoms with E-state index in [1.807, 2.05) is 32.0 Å². The van der Waals surface area contributed by atoms with Gasteiger partial charge in [0.05, 0.1) is 6.54 Å². The molecule has 2 amide bonds. The third-order valence-corrected chi connectivity index (χ3v) is 3.93. The number of nitrogens with zero attached hydrogens (tertiary/aromatic N) is 1. The molecule has 0 bridgehead atoms. The van der Waals surface area contributed by atoms with E-state index >= 15 is 0 Å². The number of carbonyl (C=O) groups excluding carboxylic acids is 2. The van der Waals surface area contributed by atoms with Crippen LogP contribution in [0.15, 0.2) is 18.2 Å². The molecule has 1 aromatic rings. The lowest BCUT2D eigenvalue weighted by molar-refractivity contribution is -0.134. The minimum Gasteiger partial charge on any atom is -0.336 e. The van der Waals surface area contributed by atoms with E-state index in [1.54, 1.807) is 7.05 Å². The Labute approximate surface area is 120 Å². The number of para-hydroxylation sites is 1. The quantitative estimate of drug-likeness (QED) is 0.916. The van der Waals surface area contributed by atoms with Crippen LogP contribution in [0.3, 0.4) is 0 Å². The zero-order valence-corrected chi connectivity index (χ0v) is 12.6. The van der Waals surface area contributed by atoms with Gasteiger partial charge in [0.1, 0.15) is 0 Å². The summed E-state index contributed by atoms with van der Waals surface area (Å²) in [5, 5.41) is 2.90. The first-order valence-electron chi connectivity index (χ1n) is 7.01. The first-order chi connectivity index (χ1) is 9.40. The molecule has 1 aromatic carbocycles. The molecule has 4 nitrogen and oxygen atoms in total. The number of anilines is 1. The number of likely N-dealkylation sites (N-methyl/N-ethyl adjacent to an activating group) is 1. The van der Waals surface area contributed by atoms with Gasteiger partial charge < -0.3 is 10.2 Å². The standard InChI is InChI=1S/C16H22N2O2/c1-10-6-5-7-11(2)15(10)17-14(19)9-18(4)16(20)13-8-12(13)3/h5-7,12-13H,8-9H2,1-4H3,(H,17,19)/t12-,13-/m1/s1. The van der Waals surface area contributed by atoms with Gasteiger partial charge in [-0.3, -0.25) is 9.59 Å². The van der Waals surface area contributed by atoms with Crippen molar-refractivity contribution in [1.29, 1.82) is 0 Å². The third kappa shape index (κ3) is 3.18. The number of hydrogen-bond donors (Lipinski definition) is 1. The fourth-order valence-electron chi connectivity index (χ4n) is 2.43. The summed E-state index contributed by atoms with van der Waals surface area (Å²) in [5.41, 5.74) is 2.91. The molecule has 0 heterocycles. The Bertz CT molecular complexity index is 519. The molecule has 1 saturated carbocycles. The Kier molecular flexibility index (Phi) is 4.12. The summed E-state index contributed by atoms with van der Waals surface area (Å²) in [7, 11) is 1.69. The first kappa shape index (κ1) is 14.6. The van der Waals surface area contributed by atoms with Crippen molar-refractivity contribution < 1.29 is 9.59 Å². The molecule has 2 rings (SSSR count). The number of carbonyl (C=O) groups is 2. The van der Waals surface area contributed by atoms with E-state index in [0.29, 0.717) is 5.92 Å². The first-order valence-corrected chi connectivity index (χ1v) is 7.01. The van der Waals surface area contributed by atoms with Gasteiger partial charge in [0.25, 0.3) is 0 Å². The molecule has 20 heavy (non-hydrogen) atoms. The maximum absolute atomic E-state index is 12.1. The van der Waals surface area contributed by atoms with E-state index in [-0.39, 0.29) is 24.3 Å². The van der Waals surface area contributed by atoms with Crippen LogP contribution in [0.2, 0.25) is 0 Å². The highest BCUT2D eigenvalue weighted by Gasteiger charge is 2.40. The largest absolute Gasteiger partial charge is 0.336 e. The molecule has 1 aliphatic carbocycles. The average molecular weight is 274 g/mol. The lowest BCUT2D eigenvalue weighted by Gasteiger charge is -2.18. The van der Waals surface area contributed by atoms with Crippen LogP contribution >= 0.6 is 0 Å². The fraction of sp³-hybridized carbons (Fsp3) is 0.500. The maximum Gasteiger partial charge on any atom is 0.243 e. The summed E-state index contributed by atoms with van der Waals surface area (Å²) in [4.78, 5) is 25.6. The second kappa shape index (κ2) is 5.65. The van der Waals surface area contributed by atoms with Gasteiger partial charge in [-0.15, -0.1) is 0 Å². The smallest absolute Gasteiger partial charge is 0.243 e. The van der Waals surface area contributed by atoms with E-state index in [0.717, 1.165) is 23.2 Å². The molecule has 1 N–H and O–H groups in total. The minimum atomic E-state index is -0.147. The molecule has 0 radical (unpaired) electrons. The van der Waals surface area contributed by atoms with Crippen molar-refractivity contribution in [2.75, 3.05) is 18.9 Å². The predicted octanol–water partition coefficient (Wildman–Crippen LogP) is 2.36. The molecule has 0 spiro atoms. The van der Waals surface area contributed by atoms with Crippen LogP contribution < -0.4 is 5.32 Å². The summed E-state index contributed by atoms with van der Waals surface area (Å²) in [6.45, 7) is 6.09. The number of aryl methyl sites for hydroxylation is 2. The number of benzene rings is 1. The van der Waals surface area contributed by atoms with Gasteiger partial charge in [-0.2, -0.15) is 0 Å². The lowest BCUT2D eigenvalue weighted by atomic mass is 10.1. The molecular formula is C16H22N2O2. The number of rotatable bonds is 4. The maximum atomic E-state index is 12.1. The second-order valence-electron chi connectivity index (χ2n) is 5.83. The molecule has 108 valence electrons. The van der Waals surface area contributed by atoms with Crippen LogP contribution in [0.25, 0.3) is 0 Å². The normalized spacial score (nSPS) is 20.4. The van der Waals surface area contributed by atoms with Crippen LogP contribution in [0.5, 0.6) is 0 Å². The molecule has 1 fully saturated rings. The van der Waals surface area contributed by atoms with Crippen molar-refractivity contribution in [1.82, 2.24) is 4.90 Å². The molecule has 4 heteroatoms. The van der Waals surface area contributed by atoms with Gasteiger partial charge in [0.2, 0.25) is 11.8 Å². The fourth-order valence-corrected chi connectivity index (χ4v) is 2.43. The average Bonchev–Trinajstić information content (AvgIpc) is 3.10. The van der Waals surface area contributed by atoms with Gasteiger partial charge in [-0.25, -0.2) is 0 Å². The molecule has 1 aliphatic rings. The summed E-state index contributed by atoms with van der Waals surface area (Å²) in [5.74, 6) is 0.514. The monoisotopic (exact) mass is 274 g/mol. The molecule has 0 aliphatic heterocycles. The van der Waals surface area contributed by atoms with Crippen molar-refractivity contribution >= 4 is 17.5 Å². The predicted molar refractivity (Wildman–Crippen MR) is 79.5 cm³/mol. The summed E-state index contributed by atoms with van der Waals surface area (Å²) in [6, 6.07) is 5.89. The molecular weight excluding hydrogens is 252 g/mol. The topological polar surface area (TPSA) is 49.4 Å².